The van der Waals surface area contributed by atoms with E-state index < -0.39 is 10.8 Å². The molecule has 0 aliphatic heterocycles. The molecule has 3 heterocycles. The van der Waals surface area contributed by atoms with Gasteiger partial charge in [-0.15, -0.1) is 0 Å². The zero-order valence-corrected chi connectivity index (χ0v) is 15.9. The van der Waals surface area contributed by atoms with Gasteiger partial charge in [-0.05, 0) is 41.7 Å². The van der Waals surface area contributed by atoms with E-state index in [1.807, 2.05) is 53.4 Å². The number of nitrogens with one attached hydrogen (secondary N) is 1. The molecule has 152 valence electrons. The zero-order valence-electron chi connectivity index (χ0n) is 15.9. The van der Waals surface area contributed by atoms with E-state index in [1.54, 1.807) is 6.92 Å². The molecule has 0 aliphatic carbocycles. The number of aromatic nitrogens is 5. The third-order valence-corrected chi connectivity index (χ3v) is 4.40. The van der Waals surface area contributed by atoms with E-state index >= 15 is 0 Å². The first-order valence-corrected chi connectivity index (χ1v) is 9.01. The van der Waals surface area contributed by atoms with Gasteiger partial charge in [-0.1, -0.05) is 17.3 Å². The van der Waals surface area contributed by atoms with Gasteiger partial charge < -0.3 is 24.5 Å². The van der Waals surface area contributed by atoms with Gasteiger partial charge in [0.1, 0.15) is 6.54 Å². The first kappa shape index (κ1) is 19.1. The fourth-order valence-electron chi connectivity index (χ4n) is 2.84. The van der Waals surface area contributed by atoms with Crippen LogP contribution in [0.3, 0.4) is 0 Å². The lowest BCUT2D eigenvalue weighted by Crippen LogP contribution is -2.23. The zero-order chi connectivity index (χ0) is 21.1. The molecule has 0 fully saturated rings. The number of hydrogen-bond acceptors (Lipinski definition) is 7. The van der Waals surface area contributed by atoms with Gasteiger partial charge in [0.05, 0.1) is 16.9 Å². The lowest BCUT2D eigenvalue weighted by Gasteiger charge is -2.06. The Morgan fingerprint density at radius 2 is 1.97 bits per heavy atom. The molecule has 1 N–H and O–H groups in total. The molecule has 0 saturated heterocycles. The monoisotopic (exact) mass is 407 g/mol. The van der Waals surface area contributed by atoms with Gasteiger partial charge >= 0.3 is 17.6 Å². The largest absolute Gasteiger partial charge is 0.390 e. The smallest absolute Gasteiger partial charge is 0.358 e. The van der Waals surface area contributed by atoms with Crippen LogP contribution in [0.5, 0.6) is 0 Å². The third-order valence-electron chi connectivity index (χ3n) is 4.40. The Hall–Kier alpha value is -4.28. The summed E-state index contributed by atoms with van der Waals surface area (Å²) in [6.45, 7) is 2.03. The second-order valence-corrected chi connectivity index (χ2v) is 6.51. The Morgan fingerprint density at radius 1 is 1.23 bits per heavy atom. The predicted molar refractivity (Wildman–Crippen MR) is 104 cm³/mol. The highest BCUT2D eigenvalue weighted by Crippen LogP contribution is 2.13. The van der Waals surface area contributed by atoms with Crippen LogP contribution >= 0.6 is 0 Å². The van der Waals surface area contributed by atoms with Crippen LogP contribution in [-0.2, 0) is 13.1 Å². The van der Waals surface area contributed by atoms with Crippen LogP contribution in [0, 0.1) is 17.0 Å². The number of nitrogens with zero attached hydrogens (tertiary/aromatic N) is 6. The van der Waals surface area contributed by atoms with Crippen LogP contribution in [0.1, 0.15) is 27.8 Å². The molecule has 4 aromatic rings. The van der Waals surface area contributed by atoms with Crippen molar-refractivity contribution in [2.45, 2.75) is 20.0 Å². The van der Waals surface area contributed by atoms with Gasteiger partial charge in [0.2, 0.25) is 0 Å². The molecule has 30 heavy (non-hydrogen) atoms. The van der Waals surface area contributed by atoms with Crippen molar-refractivity contribution in [2.75, 3.05) is 0 Å². The topological polar surface area (TPSA) is 134 Å². The highest BCUT2D eigenvalue weighted by molar-refractivity contribution is 5.89. The Morgan fingerprint density at radius 3 is 2.63 bits per heavy atom. The summed E-state index contributed by atoms with van der Waals surface area (Å²) in [7, 11) is 0. The molecule has 0 aliphatic rings. The number of carbonyl (C=O) groups excluding carboxylic acids is 1. The number of amides is 1. The van der Waals surface area contributed by atoms with E-state index in [9.17, 15) is 14.9 Å². The van der Waals surface area contributed by atoms with Crippen LogP contribution in [0.25, 0.3) is 5.69 Å². The van der Waals surface area contributed by atoms with Gasteiger partial charge in [0.25, 0.3) is 0 Å². The fourth-order valence-corrected chi connectivity index (χ4v) is 2.84. The summed E-state index contributed by atoms with van der Waals surface area (Å²) in [4.78, 5) is 26.5. The number of carbonyl (C=O) groups is 1. The second kappa shape index (κ2) is 7.99. The van der Waals surface area contributed by atoms with E-state index in [0.29, 0.717) is 12.2 Å². The molecule has 0 unspecified atom stereocenters. The van der Waals surface area contributed by atoms with Crippen LogP contribution in [0.4, 0.5) is 5.82 Å². The maximum atomic E-state index is 12.3. The first-order valence-electron chi connectivity index (χ1n) is 9.01. The van der Waals surface area contributed by atoms with E-state index in [2.05, 4.69) is 20.6 Å². The van der Waals surface area contributed by atoms with Crippen molar-refractivity contribution in [2.24, 2.45) is 0 Å². The summed E-state index contributed by atoms with van der Waals surface area (Å²) in [5, 5.41) is 21.1. The minimum Gasteiger partial charge on any atom is -0.358 e. The molecule has 1 amide bonds. The summed E-state index contributed by atoms with van der Waals surface area (Å²) >= 11 is 0. The molecule has 1 aromatic carbocycles. The van der Waals surface area contributed by atoms with E-state index in [1.165, 1.54) is 10.7 Å². The maximum Gasteiger partial charge on any atom is 0.390 e. The normalized spacial score (nSPS) is 10.8. The number of aryl methyl sites for hydroxylation is 1. The van der Waals surface area contributed by atoms with Gasteiger partial charge in [-0.2, -0.15) is 9.67 Å². The van der Waals surface area contributed by atoms with E-state index in [4.69, 9.17) is 4.52 Å². The van der Waals surface area contributed by atoms with Crippen LogP contribution in [0.15, 0.2) is 59.4 Å². The minimum atomic E-state index is -0.580. The van der Waals surface area contributed by atoms with E-state index in [-0.39, 0.29) is 24.1 Å². The van der Waals surface area contributed by atoms with Crippen LogP contribution in [0.2, 0.25) is 0 Å². The quantitative estimate of drug-likeness (QED) is 0.367. The molecule has 11 nitrogen and oxygen atoms in total. The summed E-state index contributed by atoms with van der Waals surface area (Å²) in [6.07, 6.45) is 3.90. The van der Waals surface area contributed by atoms with Gasteiger partial charge in [-0.25, -0.2) is 0 Å². The average Bonchev–Trinajstić information content (AvgIpc) is 3.49. The molecular formula is C19H17N7O4. The first-order chi connectivity index (χ1) is 14.5. The fraction of sp³-hybridized carbons (Fsp3) is 0.158. The summed E-state index contributed by atoms with van der Waals surface area (Å²) < 4.78 is 8.35. The summed E-state index contributed by atoms with van der Waals surface area (Å²) in [5.74, 6) is -0.770. The number of rotatable bonds is 7. The highest BCUT2D eigenvalue weighted by Gasteiger charge is 2.19. The van der Waals surface area contributed by atoms with E-state index in [0.717, 1.165) is 11.3 Å². The number of nitro groups is 1. The Bertz CT molecular complexity index is 1180. The van der Waals surface area contributed by atoms with Crippen LogP contribution in [-0.4, -0.2) is 35.3 Å². The Balaban J connectivity index is 1.35. The molecule has 0 radical (unpaired) electrons. The Kier molecular flexibility index (Phi) is 5.08. The molecular weight excluding hydrogens is 390 g/mol. The van der Waals surface area contributed by atoms with Crippen molar-refractivity contribution in [3.05, 3.63) is 87.9 Å². The van der Waals surface area contributed by atoms with Gasteiger partial charge in [-0.3, -0.25) is 4.79 Å². The lowest BCUT2D eigenvalue weighted by atomic mass is 10.2. The molecule has 4 rings (SSSR count). The number of hydrogen-bond donors (Lipinski definition) is 1. The third kappa shape index (κ3) is 4.09. The SMILES string of the molecule is Cc1cc([N+](=O)[O-])nn1Cc1noc(C(=O)NCc2ccc(-n3cccc3)cc2)n1. The van der Waals surface area contributed by atoms with Crippen molar-refractivity contribution in [1.29, 1.82) is 0 Å². The highest BCUT2D eigenvalue weighted by atomic mass is 16.6. The molecule has 0 atom stereocenters. The molecule has 0 saturated carbocycles. The minimum absolute atomic E-state index is 0.0529. The summed E-state index contributed by atoms with van der Waals surface area (Å²) in [6, 6.07) is 13.0. The van der Waals surface area contributed by atoms with Gasteiger partial charge in [0, 0.05) is 24.6 Å². The molecule has 0 spiro atoms. The second-order valence-electron chi connectivity index (χ2n) is 6.51. The van der Waals surface area contributed by atoms with Crippen molar-refractivity contribution in [3.8, 4) is 5.69 Å². The summed E-state index contributed by atoms with van der Waals surface area (Å²) in [5.41, 5.74) is 2.50. The standard InChI is InChI=1S/C19H17N7O4/c1-13-10-17(26(28)29)22-25(13)12-16-21-19(30-23-16)18(27)20-11-14-4-6-15(7-5-14)24-8-2-3-9-24/h2-10H,11-12H2,1H3,(H,20,27). The van der Waals surface area contributed by atoms with Gasteiger partial charge in [0.15, 0.2) is 5.82 Å². The average molecular weight is 407 g/mol. The maximum absolute atomic E-state index is 12.3. The van der Waals surface area contributed by atoms with Crippen molar-refractivity contribution in [1.82, 2.24) is 29.8 Å². The van der Waals surface area contributed by atoms with Crippen molar-refractivity contribution >= 4 is 11.7 Å². The predicted octanol–water partition coefficient (Wildman–Crippen LogP) is 2.25. The van der Waals surface area contributed by atoms with Crippen molar-refractivity contribution < 1.29 is 14.2 Å². The number of benzene rings is 1. The molecule has 3 aromatic heterocycles. The van der Waals surface area contributed by atoms with Crippen molar-refractivity contribution in [3.63, 3.8) is 0 Å². The van der Waals surface area contributed by atoms with Crippen LogP contribution < -0.4 is 5.32 Å². The Labute approximate surface area is 170 Å². The lowest BCUT2D eigenvalue weighted by molar-refractivity contribution is -0.389. The molecule has 0 bridgehead atoms. The molecule has 11 heteroatoms.